The second-order valence-corrected chi connectivity index (χ2v) is 4.48. The standard InChI is InChI=1S/C14H15N5/c1-10-8-14(18-16-9-10)19-12-5-3-2-4-11(12)17-13(19)6-7-15/h2-5,8-9H,6-7,15H2,1H3. The van der Waals surface area contributed by atoms with Gasteiger partial charge in [-0.2, -0.15) is 5.10 Å². The van der Waals surface area contributed by atoms with Crippen LogP contribution in [0.15, 0.2) is 36.5 Å². The van der Waals surface area contributed by atoms with Crippen molar-refractivity contribution >= 4 is 11.0 Å². The molecule has 19 heavy (non-hydrogen) atoms. The van der Waals surface area contributed by atoms with Crippen LogP contribution < -0.4 is 5.73 Å². The summed E-state index contributed by atoms with van der Waals surface area (Å²) in [5.74, 6) is 1.71. The minimum atomic E-state index is 0.558. The van der Waals surface area contributed by atoms with Crippen LogP contribution in [0.1, 0.15) is 11.4 Å². The highest BCUT2D eigenvalue weighted by molar-refractivity contribution is 5.77. The summed E-state index contributed by atoms with van der Waals surface area (Å²) in [6.07, 6.45) is 2.45. The lowest BCUT2D eigenvalue weighted by Crippen LogP contribution is -2.10. The molecule has 2 aromatic heterocycles. The van der Waals surface area contributed by atoms with Crippen LogP contribution in [0.4, 0.5) is 0 Å². The number of aryl methyl sites for hydroxylation is 1. The van der Waals surface area contributed by atoms with Gasteiger partial charge >= 0.3 is 0 Å². The largest absolute Gasteiger partial charge is 0.330 e. The first-order chi connectivity index (χ1) is 9.29. The Hall–Kier alpha value is -2.27. The van der Waals surface area contributed by atoms with E-state index < -0.39 is 0 Å². The molecule has 0 atom stereocenters. The van der Waals surface area contributed by atoms with E-state index >= 15 is 0 Å². The lowest BCUT2D eigenvalue weighted by molar-refractivity contribution is 0.817. The molecule has 0 aliphatic rings. The van der Waals surface area contributed by atoms with Gasteiger partial charge in [-0.25, -0.2) is 4.98 Å². The first kappa shape index (κ1) is 11.8. The van der Waals surface area contributed by atoms with Crippen molar-refractivity contribution in [3.05, 3.63) is 47.9 Å². The van der Waals surface area contributed by atoms with E-state index in [1.807, 2.05) is 41.8 Å². The number of fused-ring (bicyclic) bond motifs is 1. The van der Waals surface area contributed by atoms with Crippen molar-refractivity contribution in [2.45, 2.75) is 13.3 Å². The number of nitrogens with two attached hydrogens (primary N) is 1. The van der Waals surface area contributed by atoms with E-state index in [1.165, 1.54) is 0 Å². The fourth-order valence-corrected chi connectivity index (χ4v) is 2.19. The quantitative estimate of drug-likeness (QED) is 0.770. The summed E-state index contributed by atoms with van der Waals surface area (Å²) in [6.45, 7) is 2.56. The Morgan fingerprint density at radius 1 is 1.26 bits per heavy atom. The molecule has 96 valence electrons. The lowest BCUT2D eigenvalue weighted by Gasteiger charge is -2.07. The average molecular weight is 253 g/mol. The maximum absolute atomic E-state index is 5.67. The number of rotatable bonds is 3. The van der Waals surface area contributed by atoms with Crippen LogP contribution in [0.5, 0.6) is 0 Å². The molecule has 3 rings (SSSR count). The number of nitrogens with zero attached hydrogens (tertiary/aromatic N) is 4. The van der Waals surface area contributed by atoms with E-state index in [-0.39, 0.29) is 0 Å². The molecule has 3 aromatic rings. The van der Waals surface area contributed by atoms with Crippen LogP contribution in [0.3, 0.4) is 0 Å². The molecule has 0 saturated heterocycles. The maximum Gasteiger partial charge on any atom is 0.161 e. The highest BCUT2D eigenvalue weighted by Crippen LogP contribution is 2.20. The number of aromatic nitrogens is 4. The molecule has 0 aliphatic carbocycles. The summed E-state index contributed by atoms with van der Waals surface area (Å²) < 4.78 is 2.03. The van der Waals surface area contributed by atoms with Crippen LogP contribution in [0.2, 0.25) is 0 Å². The number of benzene rings is 1. The van der Waals surface area contributed by atoms with E-state index in [1.54, 1.807) is 6.20 Å². The Morgan fingerprint density at radius 2 is 2.11 bits per heavy atom. The van der Waals surface area contributed by atoms with Crippen molar-refractivity contribution in [3.8, 4) is 5.82 Å². The lowest BCUT2D eigenvalue weighted by atomic mass is 10.3. The Morgan fingerprint density at radius 3 is 2.89 bits per heavy atom. The van der Waals surface area contributed by atoms with Gasteiger partial charge in [0.05, 0.1) is 17.2 Å². The number of imidazole rings is 1. The predicted molar refractivity (Wildman–Crippen MR) is 74.2 cm³/mol. The molecule has 0 unspecified atom stereocenters. The van der Waals surface area contributed by atoms with Crippen LogP contribution in [0, 0.1) is 6.92 Å². The summed E-state index contributed by atoms with van der Waals surface area (Å²) in [4.78, 5) is 4.62. The van der Waals surface area contributed by atoms with E-state index in [0.29, 0.717) is 13.0 Å². The molecule has 0 fully saturated rings. The van der Waals surface area contributed by atoms with Gasteiger partial charge in [-0.1, -0.05) is 12.1 Å². The van der Waals surface area contributed by atoms with Crippen molar-refractivity contribution < 1.29 is 0 Å². The van der Waals surface area contributed by atoms with Gasteiger partial charge in [0.15, 0.2) is 5.82 Å². The summed E-state index contributed by atoms with van der Waals surface area (Å²) >= 11 is 0. The Kier molecular flexibility index (Phi) is 2.97. The molecule has 2 N–H and O–H groups in total. The van der Waals surface area contributed by atoms with Crippen molar-refractivity contribution in [1.82, 2.24) is 19.7 Å². The van der Waals surface area contributed by atoms with Gasteiger partial charge in [0.1, 0.15) is 5.82 Å². The van der Waals surface area contributed by atoms with Gasteiger partial charge in [-0.15, -0.1) is 5.10 Å². The predicted octanol–water partition coefficient (Wildman–Crippen LogP) is 1.63. The van der Waals surface area contributed by atoms with Crippen molar-refractivity contribution in [1.29, 1.82) is 0 Å². The van der Waals surface area contributed by atoms with E-state index in [0.717, 1.165) is 28.2 Å². The third-order valence-corrected chi connectivity index (χ3v) is 3.01. The molecule has 0 bridgehead atoms. The Bertz CT molecular complexity index is 717. The van der Waals surface area contributed by atoms with E-state index in [2.05, 4.69) is 15.2 Å². The highest BCUT2D eigenvalue weighted by atomic mass is 15.2. The average Bonchev–Trinajstić information content (AvgIpc) is 2.77. The highest BCUT2D eigenvalue weighted by Gasteiger charge is 2.12. The fraction of sp³-hybridized carbons (Fsp3) is 0.214. The second-order valence-electron chi connectivity index (χ2n) is 4.48. The molecular weight excluding hydrogens is 238 g/mol. The first-order valence-electron chi connectivity index (χ1n) is 6.26. The van der Waals surface area contributed by atoms with Gasteiger partial charge < -0.3 is 5.73 Å². The fourth-order valence-electron chi connectivity index (χ4n) is 2.19. The third-order valence-electron chi connectivity index (χ3n) is 3.01. The minimum absolute atomic E-state index is 0.558. The number of hydrogen-bond donors (Lipinski definition) is 1. The smallest absolute Gasteiger partial charge is 0.161 e. The van der Waals surface area contributed by atoms with Gasteiger partial charge in [0.2, 0.25) is 0 Å². The third kappa shape index (κ3) is 2.08. The molecular formula is C14H15N5. The zero-order chi connectivity index (χ0) is 13.2. The van der Waals surface area contributed by atoms with Crippen molar-refractivity contribution in [2.24, 2.45) is 5.73 Å². The monoisotopic (exact) mass is 253 g/mol. The van der Waals surface area contributed by atoms with Gasteiger partial charge in [-0.05, 0) is 37.2 Å². The molecule has 0 spiro atoms. The van der Waals surface area contributed by atoms with Crippen LogP contribution >= 0.6 is 0 Å². The zero-order valence-electron chi connectivity index (χ0n) is 10.7. The summed E-state index contributed by atoms with van der Waals surface area (Å²) in [5, 5.41) is 8.23. The minimum Gasteiger partial charge on any atom is -0.330 e. The summed E-state index contributed by atoms with van der Waals surface area (Å²) in [5.41, 5.74) is 8.73. The molecule has 0 aliphatic heterocycles. The molecule has 2 heterocycles. The van der Waals surface area contributed by atoms with Gasteiger partial charge in [-0.3, -0.25) is 4.57 Å². The van der Waals surface area contributed by atoms with Crippen LogP contribution in [-0.4, -0.2) is 26.3 Å². The summed E-state index contributed by atoms with van der Waals surface area (Å²) in [7, 11) is 0. The molecule has 0 radical (unpaired) electrons. The van der Waals surface area contributed by atoms with Gasteiger partial charge in [0, 0.05) is 6.42 Å². The molecule has 1 aromatic carbocycles. The molecule has 5 heteroatoms. The second kappa shape index (κ2) is 4.78. The van der Waals surface area contributed by atoms with Crippen LogP contribution in [-0.2, 0) is 6.42 Å². The normalized spacial score (nSPS) is 11.1. The zero-order valence-corrected chi connectivity index (χ0v) is 10.7. The number of para-hydroxylation sites is 2. The topological polar surface area (TPSA) is 69.6 Å². The van der Waals surface area contributed by atoms with E-state index in [9.17, 15) is 0 Å². The Balaban J connectivity index is 2.28. The van der Waals surface area contributed by atoms with Gasteiger partial charge in [0.25, 0.3) is 0 Å². The van der Waals surface area contributed by atoms with Crippen LogP contribution in [0.25, 0.3) is 16.9 Å². The first-order valence-corrected chi connectivity index (χ1v) is 6.26. The molecule has 5 nitrogen and oxygen atoms in total. The summed E-state index contributed by atoms with van der Waals surface area (Å²) in [6, 6.07) is 10.0. The number of hydrogen-bond acceptors (Lipinski definition) is 4. The maximum atomic E-state index is 5.67. The molecule has 0 saturated carbocycles. The molecule has 0 amide bonds. The Labute approximate surface area is 111 Å². The van der Waals surface area contributed by atoms with Crippen molar-refractivity contribution in [2.75, 3.05) is 6.54 Å². The van der Waals surface area contributed by atoms with E-state index in [4.69, 9.17) is 5.73 Å². The van der Waals surface area contributed by atoms with Crippen molar-refractivity contribution in [3.63, 3.8) is 0 Å². The SMILES string of the molecule is Cc1cnnc(-n2c(CCN)nc3ccccc32)c1.